The van der Waals surface area contributed by atoms with Crippen molar-refractivity contribution in [1.82, 2.24) is 5.32 Å². The van der Waals surface area contributed by atoms with Crippen molar-refractivity contribution in [3.05, 3.63) is 12.2 Å². The van der Waals surface area contributed by atoms with Crippen LogP contribution in [0.1, 0.15) is 187 Å². The Bertz CT molecular complexity index is 615. The predicted octanol–water partition coefficient (Wildman–Crippen LogP) is 8.60. The molecule has 0 aromatic carbocycles. The lowest BCUT2D eigenvalue weighted by Crippen LogP contribution is -2.68. The number of carbonyl (C=O) groups excluding carboxylic acids is 1. The van der Waals surface area contributed by atoms with Crippen molar-refractivity contribution in [3.8, 4) is 0 Å². The Balaban J connectivity index is 3.86. The van der Waals surface area contributed by atoms with E-state index < -0.39 is 24.5 Å². The van der Waals surface area contributed by atoms with Gasteiger partial charge in [-0.15, -0.1) is 0 Å². The lowest BCUT2D eigenvalue weighted by Gasteiger charge is -2.36. The fourth-order valence-corrected chi connectivity index (χ4v) is 5.58. The van der Waals surface area contributed by atoms with Crippen LogP contribution in [0.5, 0.6) is 0 Å². The Morgan fingerprint density at radius 1 is 0.643 bits per heavy atom. The normalized spacial score (nSPS) is 14.7. The lowest BCUT2D eigenvalue weighted by atomic mass is 9.95. The number of unbranched alkanes of at least 4 members (excludes halogenated alkanes) is 22. The highest BCUT2D eigenvalue weighted by molar-refractivity contribution is 5.76. The summed E-state index contributed by atoms with van der Waals surface area (Å²) in [6.45, 7) is 3.88. The van der Waals surface area contributed by atoms with Crippen molar-refractivity contribution in [2.75, 3.05) is 6.61 Å². The van der Waals surface area contributed by atoms with Crippen molar-refractivity contribution in [2.24, 2.45) is 5.73 Å². The molecular weight excluding hydrogens is 524 g/mol. The molecule has 0 fully saturated rings. The third-order valence-electron chi connectivity index (χ3n) is 8.55. The van der Waals surface area contributed by atoms with Crippen LogP contribution in [-0.2, 0) is 4.79 Å². The van der Waals surface area contributed by atoms with E-state index in [1.54, 1.807) is 0 Å². The molecule has 6 heteroatoms. The zero-order valence-electron chi connectivity index (χ0n) is 27.9. The molecule has 6 N–H and O–H groups in total. The van der Waals surface area contributed by atoms with Gasteiger partial charge >= 0.3 is 0 Å². The van der Waals surface area contributed by atoms with Gasteiger partial charge in [-0.05, 0) is 38.5 Å². The quantitative estimate of drug-likeness (QED) is 0.0303. The first kappa shape index (κ1) is 41.0. The molecule has 0 saturated heterocycles. The highest BCUT2D eigenvalue weighted by Crippen LogP contribution is 2.17. The number of carbonyl (C=O) groups is 1. The minimum atomic E-state index is -1.73. The first-order chi connectivity index (χ1) is 20.4. The van der Waals surface area contributed by atoms with Crippen LogP contribution in [0.2, 0.25) is 0 Å². The Morgan fingerprint density at radius 2 is 1.02 bits per heavy atom. The van der Waals surface area contributed by atoms with Crippen molar-refractivity contribution >= 4 is 5.91 Å². The van der Waals surface area contributed by atoms with Gasteiger partial charge in [0.2, 0.25) is 5.91 Å². The van der Waals surface area contributed by atoms with Gasteiger partial charge in [-0.1, -0.05) is 154 Å². The van der Waals surface area contributed by atoms with Gasteiger partial charge in [0.15, 0.2) is 0 Å². The Morgan fingerprint density at radius 3 is 1.45 bits per heavy atom. The van der Waals surface area contributed by atoms with Gasteiger partial charge in [-0.3, -0.25) is 4.79 Å². The summed E-state index contributed by atoms with van der Waals surface area (Å²) in [5.74, 6) is -0.291. The highest BCUT2D eigenvalue weighted by atomic mass is 16.3. The maximum atomic E-state index is 12.4. The molecule has 42 heavy (non-hydrogen) atoms. The minimum Gasteiger partial charge on any atom is -0.392 e. The van der Waals surface area contributed by atoms with Gasteiger partial charge in [-0.2, -0.15) is 0 Å². The van der Waals surface area contributed by atoms with E-state index >= 15 is 0 Å². The fourth-order valence-electron chi connectivity index (χ4n) is 5.58. The fraction of sp³-hybridized carbons (Fsp3) is 0.917. The monoisotopic (exact) mass is 597 g/mol. The van der Waals surface area contributed by atoms with Gasteiger partial charge in [0.1, 0.15) is 11.8 Å². The maximum Gasteiger partial charge on any atom is 0.221 e. The summed E-state index contributed by atoms with van der Waals surface area (Å²) in [7, 11) is 0. The van der Waals surface area contributed by atoms with Crippen LogP contribution >= 0.6 is 0 Å². The van der Waals surface area contributed by atoms with Crippen LogP contribution in [0.3, 0.4) is 0 Å². The molecule has 0 unspecified atom stereocenters. The minimum absolute atomic E-state index is 0.291. The van der Waals surface area contributed by atoms with Crippen molar-refractivity contribution in [1.29, 1.82) is 0 Å². The lowest BCUT2D eigenvalue weighted by molar-refractivity contribution is -0.128. The van der Waals surface area contributed by atoms with E-state index in [0.29, 0.717) is 12.8 Å². The van der Waals surface area contributed by atoms with Crippen LogP contribution in [0.4, 0.5) is 0 Å². The largest absolute Gasteiger partial charge is 0.392 e. The van der Waals surface area contributed by atoms with E-state index in [-0.39, 0.29) is 5.91 Å². The Kier molecular flexibility index (Phi) is 29.4. The van der Waals surface area contributed by atoms with Gasteiger partial charge in [-0.25, -0.2) is 0 Å². The average Bonchev–Trinajstić information content (AvgIpc) is 2.99. The van der Waals surface area contributed by atoms with Crippen LogP contribution in [-0.4, -0.2) is 45.7 Å². The first-order valence-electron chi connectivity index (χ1n) is 18.1. The molecule has 0 heterocycles. The summed E-state index contributed by atoms with van der Waals surface area (Å²) in [4.78, 5) is 12.4. The van der Waals surface area contributed by atoms with Crippen LogP contribution in [0.15, 0.2) is 12.2 Å². The number of hydrogen-bond acceptors (Lipinski definition) is 5. The number of nitrogens with one attached hydrogen (secondary N) is 1. The molecule has 0 radical (unpaired) electrons. The van der Waals surface area contributed by atoms with Gasteiger partial charge < -0.3 is 26.4 Å². The van der Waals surface area contributed by atoms with E-state index in [9.17, 15) is 20.1 Å². The molecule has 0 spiro atoms. The average molecular weight is 597 g/mol. The maximum absolute atomic E-state index is 12.4. The SMILES string of the molecule is CCCCCCCC/C=C\CCCCCCCC(=O)N[C@@](N)(CO)[C@H](O)[C@H](O)CCCCCCCCCCCCCC. The van der Waals surface area contributed by atoms with Crippen molar-refractivity contribution in [2.45, 2.75) is 205 Å². The third-order valence-corrected chi connectivity index (χ3v) is 8.55. The number of allylic oxidation sites excluding steroid dienone is 2. The molecule has 0 aliphatic heterocycles. The Hall–Kier alpha value is -0.950. The zero-order valence-corrected chi connectivity index (χ0v) is 27.9. The summed E-state index contributed by atoms with van der Waals surface area (Å²) in [6, 6.07) is 0. The molecule has 1 amide bonds. The summed E-state index contributed by atoms with van der Waals surface area (Å²) >= 11 is 0. The standard InChI is InChI=1S/C36H72N2O4/c1-3-5-7-9-11-13-15-17-18-19-21-23-25-27-29-31-34(41)38-36(37,32-39)35(42)33(40)30-28-26-24-22-20-16-14-12-10-8-6-4-2/h17-18,33,35,39-40,42H,3-16,19-32,37H2,1-2H3,(H,38,41)/b18-17-/t33-,35-,36+/m1/s1. The molecule has 0 saturated carbocycles. The Labute approximate surface area is 260 Å². The number of hydrogen-bond donors (Lipinski definition) is 5. The van der Waals surface area contributed by atoms with E-state index in [1.165, 1.54) is 109 Å². The second-order valence-electron chi connectivity index (χ2n) is 12.8. The van der Waals surface area contributed by atoms with E-state index in [2.05, 4.69) is 31.3 Å². The number of aliphatic hydroxyl groups is 3. The van der Waals surface area contributed by atoms with Crippen LogP contribution < -0.4 is 11.1 Å². The van der Waals surface area contributed by atoms with Gasteiger partial charge in [0.05, 0.1) is 12.7 Å². The number of nitrogens with two attached hydrogens (primary N) is 1. The zero-order chi connectivity index (χ0) is 31.2. The molecule has 0 aromatic heterocycles. The van der Waals surface area contributed by atoms with E-state index in [4.69, 9.17) is 5.73 Å². The highest BCUT2D eigenvalue weighted by Gasteiger charge is 2.39. The van der Waals surface area contributed by atoms with Crippen LogP contribution in [0, 0.1) is 0 Å². The summed E-state index contributed by atoms with van der Waals surface area (Å²) in [5.41, 5.74) is 4.41. The summed E-state index contributed by atoms with van der Waals surface area (Å²) in [5, 5.41) is 33.5. The van der Waals surface area contributed by atoms with E-state index in [0.717, 1.165) is 51.4 Å². The van der Waals surface area contributed by atoms with E-state index in [1.807, 2.05) is 0 Å². The number of amides is 1. The molecule has 0 aliphatic carbocycles. The topological polar surface area (TPSA) is 116 Å². The molecule has 0 aromatic rings. The van der Waals surface area contributed by atoms with Gasteiger partial charge in [0.25, 0.3) is 0 Å². The second kappa shape index (κ2) is 30.1. The van der Waals surface area contributed by atoms with Crippen LogP contribution in [0.25, 0.3) is 0 Å². The molecule has 0 rings (SSSR count). The van der Waals surface area contributed by atoms with Gasteiger partial charge in [0, 0.05) is 6.42 Å². The van der Waals surface area contributed by atoms with Crippen molar-refractivity contribution in [3.63, 3.8) is 0 Å². The molecule has 0 aliphatic rings. The number of rotatable bonds is 32. The second-order valence-corrected chi connectivity index (χ2v) is 12.8. The smallest absolute Gasteiger partial charge is 0.221 e. The molecular formula is C36H72N2O4. The first-order valence-corrected chi connectivity index (χ1v) is 18.1. The molecule has 3 atom stereocenters. The summed E-state index contributed by atoms with van der Waals surface area (Å²) in [6.07, 6.45) is 33.1. The third kappa shape index (κ3) is 24.5. The summed E-state index contributed by atoms with van der Waals surface area (Å²) < 4.78 is 0. The molecule has 250 valence electrons. The number of aliphatic hydroxyl groups excluding tert-OH is 3. The molecule has 0 bridgehead atoms. The predicted molar refractivity (Wildman–Crippen MR) is 179 cm³/mol. The van der Waals surface area contributed by atoms with Crippen molar-refractivity contribution < 1.29 is 20.1 Å². The molecule has 6 nitrogen and oxygen atoms in total.